The minimum atomic E-state index is -0.457. The van der Waals surface area contributed by atoms with Crippen LogP contribution in [0.2, 0.25) is 0 Å². The fourth-order valence-electron chi connectivity index (χ4n) is 2.22. The Morgan fingerprint density at radius 1 is 1.32 bits per heavy atom. The van der Waals surface area contributed by atoms with Crippen molar-refractivity contribution < 1.29 is 14.3 Å². The van der Waals surface area contributed by atoms with E-state index in [0.717, 1.165) is 11.3 Å². The summed E-state index contributed by atoms with van der Waals surface area (Å²) in [6.45, 7) is 3.73. The van der Waals surface area contributed by atoms with Gasteiger partial charge in [0.2, 0.25) is 11.8 Å². The van der Waals surface area contributed by atoms with Crippen molar-refractivity contribution in [1.29, 1.82) is 0 Å². The van der Waals surface area contributed by atoms with Gasteiger partial charge in [0.1, 0.15) is 18.3 Å². The number of rotatable bonds is 3. The number of carbonyl (C=O) groups excluding carboxylic acids is 2. The van der Waals surface area contributed by atoms with E-state index in [1.54, 1.807) is 18.9 Å². The Hall–Kier alpha value is -2.04. The van der Waals surface area contributed by atoms with Gasteiger partial charge in [-0.25, -0.2) is 0 Å². The maximum atomic E-state index is 12.1. The molecule has 2 rings (SSSR count). The lowest BCUT2D eigenvalue weighted by atomic mass is 10.0. The molecule has 2 amide bonds. The molecule has 5 nitrogen and oxygen atoms in total. The molecule has 0 bridgehead atoms. The van der Waals surface area contributed by atoms with Crippen molar-refractivity contribution >= 4 is 11.8 Å². The lowest BCUT2D eigenvalue weighted by molar-refractivity contribution is -0.145. The van der Waals surface area contributed by atoms with Crippen LogP contribution in [-0.4, -0.2) is 36.4 Å². The molecule has 0 spiro atoms. The SMILES string of the molecule is COc1ccc(C(C)N2CC(=O)NC(C)C2=O)cc1. The molecule has 0 aromatic heterocycles. The molecular formula is C14H18N2O3. The maximum absolute atomic E-state index is 12.1. The second-order valence-electron chi connectivity index (χ2n) is 4.70. The van der Waals surface area contributed by atoms with E-state index in [0.29, 0.717) is 0 Å². The van der Waals surface area contributed by atoms with Gasteiger partial charge < -0.3 is 15.0 Å². The van der Waals surface area contributed by atoms with Crippen LogP contribution in [0.25, 0.3) is 0 Å². The fourth-order valence-corrected chi connectivity index (χ4v) is 2.22. The summed E-state index contributed by atoms with van der Waals surface area (Å²) < 4.78 is 5.10. The molecular weight excluding hydrogens is 244 g/mol. The van der Waals surface area contributed by atoms with Gasteiger partial charge in [0.15, 0.2) is 0 Å². The van der Waals surface area contributed by atoms with E-state index in [1.807, 2.05) is 31.2 Å². The molecule has 5 heteroatoms. The first-order valence-corrected chi connectivity index (χ1v) is 6.26. The van der Waals surface area contributed by atoms with E-state index in [1.165, 1.54) is 0 Å². The van der Waals surface area contributed by atoms with Crippen LogP contribution in [0.3, 0.4) is 0 Å². The van der Waals surface area contributed by atoms with Gasteiger partial charge in [0.25, 0.3) is 0 Å². The van der Waals surface area contributed by atoms with Crippen molar-refractivity contribution in [3.63, 3.8) is 0 Å². The molecule has 1 saturated heterocycles. The Labute approximate surface area is 112 Å². The number of hydrogen-bond acceptors (Lipinski definition) is 3. The summed E-state index contributed by atoms with van der Waals surface area (Å²) in [5.41, 5.74) is 0.982. The number of benzene rings is 1. The zero-order valence-electron chi connectivity index (χ0n) is 11.3. The van der Waals surface area contributed by atoms with Crippen molar-refractivity contribution in [1.82, 2.24) is 10.2 Å². The largest absolute Gasteiger partial charge is 0.497 e. The smallest absolute Gasteiger partial charge is 0.245 e. The Bertz CT molecular complexity index is 484. The number of methoxy groups -OCH3 is 1. The highest BCUT2D eigenvalue weighted by molar-refractivity contribution is 5.94. The predicted octanol–water partition coefficient (Wildman–Crippen LogP) is 1.10. The standard InChI is InChI=1S/C14H18N2O3/c1-9-14(18)16(8-13(17)15-9)10(2)11-4-6-12(19-3)7-5-11/h4-7,9-10H,8H2,1-3H3,(H,15,17). The number of amides is 2. The molecule has 1 aliphatic rings. The average Bonchev–Trinajstić information content (AvgIpc) is 2.42. The monoisotopic (exact) mass is 262 g/mol. The molecule has 0 aliphatic carbocycles. The molecule has 1 heterocycles. The third-order valence-electron chi connectivity index (χ3n) is 3.41. The van der Waals surface area contributed by atoms with Crippen molar-refractivity contribution in [2.24, 2.45) is 0 Å². The highest BCUT2D eigenvalue weighted by atomic mass is 16.5. The summed E-state index contributed by atoms with van der Waals surface area (Å²) >= 11 is 0. The molecule has 102 valence electrons. The van der Waals surface area contributed by atoms with Crippen LogP contribution in [0.5, 0.6) is 5.75 Å². The highest BCUT2D eigenvalue weighted by Gasteiger charge is 2.32. The van der Waals surface area contributed by atoms with Crippen LogP contribution >= 0.6 is 0 Å². The second-order valence-corrected chi connectivity index (χ2v) is 4.70. The van der Waals surface area contributed by atoms with Gasteiger partial charge in [-0.1, -0.05) is 12.1 Å². The number of carbonyl (C=O) groups is 2. The third kappa shape index (κ3) is 2.70. The quantitative estimate of drug-likeness (QED) is 0.887. The molecule has 0 radical (unpaired) electrons. The first kappa shape index (κ1) is 13.4. The number of hydrogen-bond donors (Lipinski definition) is 1. The van der Waals surface area contributed by atoms with E-state index in [4.69, 9.17) is 4.74 Å². The molecule has 0 saturated carbocycles. The van der Waals surface area contributed by atoms with Crippen molar-refractivity contribution in [3.8, 4) is 5.75 Å². The Balaban J connectivity index is 2.19. The first-order chi connectivity index (χ1) is 9.02. The maximum Gasteiger partial charge on any atom is 0.245 e. The Morgan fingerprint density at radius 3 is 2.53 bits per heavy atom. The van der Waals surface area contributed by atoms with Crippen LogP contribution in [0, 0.1) is 0 Å². The van der Waals surface area contributed by atoms with Gasteiger partial charge in [-0.3, -0.25) is 9.59 Å². The number of ether oxygens (including phenoxy) is 1. The lowest BCUT2D eigenvalue weighted by Crippen LogP contribution is -2.57. The predicted molar refractivity (Wildman–Crippen MR) is 70.7 cm³/mol. The normalized spacial score (nSPS) is 21.0. The van der Waals surface area contributed by atoms with E-state index >= 15 is 0 Å². The number of nitrogens with zero attached hydrogens (tertiary/aromatic N) is 1. The van der Waals surface area contributed by atoms with Gasteiger partial charge in [-0.05, 0) is 31.5 Å². The van der Waals surface area contributed by atoms with Gasteiger partial charge in [0.05, 0.1) is 13.2 Å². The summed E-state index contributed by atoms with van der Waals surface area (Å²) in [7, 11) is 1.61. The lowest BCUT2D eigenvalue weighted by Gasteiger charge is -2.35. The van der Waals surface area contributed by atoms with Crippen LogP contribution in [-0.2, 0) is 9.59 Å². The minimum Gasteiger partial charge on any atom is -0.497 e. The van der Waals surface area contributed by atoms with Crippen LogP contribution in [0.1, 0.15) is 25.5 Å². The van der Waals surface area contributed by atoms with Gasteiger partial charge in [0, 0.05) is 0 Å². The first-order valence-electron chi connectivity index (χ1n) is 6.26. The van der Waals surface area contributed by atoms with E-state index in [-0.39, 0.29) is 24.4 Å². The van der Waals surface area contributed by atoms with Crippen LogP contribution < -0.4 is 10.1 Å². The molecule has 1 aromatic carbocycles. The van der Waals surface area contributed by atoms with E-state index in [2.05, 4.69) is 5.32 Å². The summed E-state index contributed by atoms with van der Waals surface area (Å²) in [5, 5.41) is 2.63. The molecule has 19 heavy (non-hydrogen) atoms. The summed E-state index contributed by atoms with van der Waals surface area (Å²) in [4.78, 5) is 25.2. The summed E-state index contributed by atoms with van der Waals surface area (Å²) in [6, 6.07) is 6.93. The van der Waals surface area contributed by atoms with Crippen molar-refractivity contribution in [2.45, 2.75) is 25.9 Å². The summed E-state index contributed by atoms with van der Waals surface area (Å²) in [6.07, 6.45) is 0. The molecule has 1 fully saturated rings. The number of piperazine rings is 1. The number of nitrogens with one attached hydrogen (secondary N) is 1. The van der Waals surface area contributed by atoms with Crippen LogP contribution in [0.4, 0.5) is 0 Å². The molecule has 2 atom stereocenters. The Kier molecular flexibility index (Phi) is 3.74. The second kappa shape index (κ2) is 5.30. The van der Waals surface area contributed by atoms with Gasteiger partial charge >= 0.3 is 0 Å². The minimum absolute atomic E-state index is 0.0529. The topological polar surface area (TPSA) is 58.6 Å². The third-order valence-corrected chi connectivity index (χ3v) is 3.41. The zero-order valence-corrected chi connectivity index (χ0v) is 11.3. The van der Waals surface area contributed by atoms with Crippen molar-refractivity contribution in [3.05, 3.63) is 29.8 Å². The highest BCUT2D eigenvalue weighted by Crippen LogP contribution is 2.24. The molecule has 2 unspecified atom stereocenters. The fraction of sp³-hybridized carbons (Fsp3) is 0.429. The summed E-state index contributed by atoms with van der Waals surface area (Å²) in [5.74, 6) is 0.599. The van der Waals surface area contributed by atoms with Gasteiger partial charge in [-0.2, -0.15) is 0 Å². The molecule has 1 aliphatic heterocycles. The van der Waals surface area contributed by atoms with Gasteiger partial charge in [-0.15, -0.1) is 0 Å². The molecule has 1 N–H and O–H groups in total. The van der Waals surface area contributed by atoms with Crippen LogP contribution in [0.15, 0.2) is 24.3 Å². The van der Waals surface area contributed by atoms with E-state index < -0.39 is 6.04 Å². The van der Waals surface area contributed by atoms with E-state index in [9.17, 15) is 9.59 Å². The average molecular weight is 262 g/mol. The van der Waals surface area contributed by atoms with Crippen molar-refractivity contribution in [2.75, 3.05) is 13.7 Å². The molecule has 1 aromatic rings. The Morgan fingerprint density at radius 2 is 1.95 bits per heavy atom. The zero-order chi connectivity index (χ0) is 14.0.